The van der Waals surface area contributed by atoms with Gasteiger partial charge in [-0.3, -0.25) is 15.6 Å². The molecule has 2 rings (SSSR count). The van der Waals surface area contributed by atoms with Crippen molar-refractivity contribution >= 4 is 23.2 Å². The summed E-state index contributed by atoms with van der Waals surface area (Å²) in [5.41, 5.74) is 5.84. The first-order valence-corrected chi connectivity index (χ1v) is 10.8. The second-order valence-electron chi connectivity index (χ2n) is 7.02. The standard InChI is InChI=1S/C21H33N3O4S/c1-5-26-17-12-15(13-18(27-6-2)19(17)28-7-3)20(25)23-24-21(29)22-16-11-9-8-10-14(16)4/h12-14,16H,5-11H2,1-4H3,(H,23,25)(H2,22,24,29)/t14-,16-/m1/s1. The van der Waals surface area contributed by atoms with E-state index < -0.39 is 0 Å². The Bertz CT molecular complexity index is 671. The molecule has 0 aromatic heterocycles. The van der Waals surface area contributed by atoms with Crippen LogP contribution in [0, 0.1) is 5.92 Å². The Hall–Kier alpha value is -2.22. The van der Waals surface area contributed by atoms with Gasteiger partial charge in [0.05, 0.1) is 19.8 Å². The zero-order valence-electron chi connectivity index (χ0n) is 17.8. The van der Waals surface area contributed by atoms with Gasteiger partial charge in [0.15, 0.2) is 16.6 Å². The maximum Gasteiger partial charge on any atom is 0.269 e. The van der Waals surface area contributed by atoms with Crippen molar-refractivity contribution in [2.45, 2.75) is 59.4 Å². The molecule has 1 aromatic carbocycles. The molecule has 29 heavy (non-hydrogen) atoms. The molecule has 8 heteroatoms. The fourth-order valence-electron chi connectivity index (χ4n) is 3.44. The lowest BCUT2D eigenvalue weighted by molar-refractivity contribution is 0.0942. The van der Waals surface area contributed by atoms with Crippen LogP contribution in [0.25, 0.3) is 0 Å². The van der Waals surface area contributed by atoms with Crippen LogP contribution in [0.1, 0.15) is 63.7 Å². The normalized spacial score (nSPS) is 18.5. The van der Waals surface area contributed by atoms with E-state index >= 15 is 0 Å². The first-order chi connectivity index (χ1) is 14.0. The summed E-state index contributed by atoms with van der Waals surface area (Å²) in [5, 5.41) is 3.72. The van der Waals surface area contributed by atoms with Crippen LogP contribution in [-0.4, -0.2) is 36.9 Å². The third-order valence-corrected chi connectivity index (χ3v) is 5.11. The molecule has 1 aromatic rings. The lowest BCUT2D eigenvalue weighted by atomic mass is 9.86. The number of hydrogen-bond donors (Lipinski definition) is 3. The van der Waals surface area contributed by atoms with Gasteiger partial charge < -0.3 is 19.5 Å². The maximum absolute atomic E-state index is 12.7. The molecule has 0 heterocycles. The Balaban J connectivity index is 2.05. The quantitative estimate of drug-likeness (QED) is 0.436. The van der Waals surface area contributed by atoms with Gasteiger partial charge in [0.2, 0.25) is 5.75 Å². The second kappa shape index (κ2) is 11.7. The van der Waals surface area contributed by atoms with E-state index in [-0.39, 0.29) is 5.91 Å². The average molecular weight is 424 g/mol. The number of carbonyl (C=O) groups excluding carboxylic acids is 1. The highest BCUT2D eigenvalue weighted by atomic mass is 32.1. The SMILES string of the molecule is CCOc1cc(C(=O)NNC(=S)N[C@@H]2CCCC[C@H]2C)cc(OCC)c1OCC. The van der Waals surface area contributed by atoms with Crippen LogP contribution < -0.4 is 30.4 Å². The van der Waals surface area contributed by atoms with Crippen molar-refractivity contribution in [3.05, 3.63) is 17.7 Å². The van der Waals surface area contributed by atoms with Gasteiger partial charge in [-0.05, 0) is 63.9 Å². The molecule has 0 bridgehead atoms. The fourth-order valence-corrected chi connectivity index (χ4v) is 3.64. The molecule has 0 spiro atoms. The average Bonchev–Trinajstić information content (AvgIpc) is 2.70. The Morgan fingerprint density at radius 2 is 1.59 bits per heavy atom. The van der Waals surface area contributed by atoms with Crippen LogP contribution in [-0.2, 0) is 0 Å². The molecular formula is C21H33N3O4S. The highest BCUT2D eigenvalue weighted by Gasteiger charge is 2.22. The summed E-state index contributed by atoms with van der Waals surface area (Å²) in [6.07, 6.45) is 4.74. The molecule has 1 amide bonds. The number of nitrogens with one attached hydrogen (secondary N) is 3. The van der Waals surface area contributed by atoms with Crippen molar-refractivity contribution in [2.75, 3.05) is 19.8 Å². The topological polar surface area (TPSA) is 80.9 Å². The van der Waals surface area contributed by atoms with Crippen LogP contribution in [0.15, 0.2) is 12.1 Å². The third kappa shape index (κ3) is 6.66. The number of carbonyl (C=O) groups is 1. The van der Waals surface area contributed by atoms with Gasteiger partial charge in [0.25, 0.3) is 5.91 Å². The Labute approximate surface area is 178 Å². The Morgan fingerprint density at radius 3 is 2.14 bits per heavy atom. The molecule has 0 unspecified atom stereocenters. The highest BCUT2D eigenvalue weighted by molar-refractivity contribution is 7.80. The van der Waals surface area contributed by atoms with E-state index in [4.69, 9.17) is 26.4 Å². The number of amides is 1. The van der Waals surface area contributed by atoms with Crippen molar-refractivity contribution in [1.29, 1.82) is 0 Å². The molecule has 0 radical (unpaired) electrons. The Morgan fingerprint density at radius 1 is 1.00 bits per heavy atom. The van der Waals surface area contributed by atoms with Gasteiger partial charge in [0.1, 0.15) is 0 Å². The first-order valence-electron chi connectivity index (χ1n) is 10.4. The van der Waals surface area contributed by atoms with Crippen LogP contribution in [0.3, 0.4) is 0 Å². The third-order valence-electron chi connectivity index (χ3n) is 4.89. The van der Waals surface area contributed by atoms with Crippen LogP contribution in [0.5, 0.6) is 17.2 Å². The molecule has 3 N–H and O–H groups in total. The van der Waals surface area contributed by atoms with E-state index in [1.165, 1.54) is 19.3 Å². The molecule has 0 saturated heterocycles. The number of rotatable bonds is 8. The number of hydrazine groups is 1. The zero-order chi connectivity index (χ0) is 21.2. The monoisotopic (exact) mass is 423 g/mol. The minimum Gasteiger partial charge on any atom is -0.490 e. The number of ether oxygens (including phenoxy) is 3. The highest BCUT2D eigenvalue weighted by Crippen LogP contribution is 2.39. The summed E-state index contributed by atoms with van der Waals surface area (Å²) in [6.45, 7) is 9.22. The predicted molar refractivity (Wildman–Crippen MR) is 118 cm³/mol. The predicted octanol–water partition coefficient (Wildman–Crippen LogP) is 3.57. The fraction of sp³-hybridized carbons (Fsp3) is 0.619. The first kappa shape index (κ1) is 23.1. The van der Waals surface area contributed by atoms with E-state index in [0.717, 1.165) is 6.42 Å². The molecule has 2 atom stereocenters. The lowest BCUT2D eigenvalue weighted by Crippen LogP contribution is -2.51. The van der Waals surface area contributed by atoms with Crippen molar-refractivity contribution in [2.24, 2.45) is 5.92 Å². The van der Waals surface area contributed by atoms with Gasteiger partial charge in [-0.25, -0.2) is 0 Å². The van der Waals surface area contributed by atoms with E-state index in [0.29, 0.717) is 59.7 Å². The van der Waals surface area contributed by atoms with E-state index in [1.54, 1.807) is 12.1 Å². The van der Waals surface area contributed by atoms with Crippen LogP contribution in [0.2, 0.25) is 0 Å². The second-order valence-corrected chi connectivity index (χ2v) is 7.43. The van der Waals surface area contributed by atoms with Gasteiger partial charge in [-0.2, -0.15) is 0 Å². The molecule has 0 aliphatic heterocycles. The van der Waals surface area contributed by atoms with Crippen molar-refractivity contribution in [3.8, 4) is 17.2 Å². The smallest absolute Gasteiger partial charge is 0.269 e. The molecule has 1 aliphatic rings. The summed E-state index contributed by atoms with van der Waals surface area (Å²) in [5.74, 6) is 1.68. The van der Waals surface area contributed by atoms with E-state index in [1.807, 2.05) is 20.8 Å². The molecule has 1 aliphatic carbocycles. The summed E-state index contributed by atoms with van der Waals surface area (Å²) >= 11 is 5.34. The lowest BCUT2D eigenvalue weighted by Gasteiger charge is -2.30. The Kier molecular flexibility index (Phi) is 9.31. The summed E-state index contributed by atoms with van der Waals surface area (Å²) in [7, 11) is 0. The number of benzene rings is 1. The number of hydrogen-bond acceptors (Lipinski definition) is 5. The van der Waals surface area contributed by atoms with Gasteiger partial charge in [-0.15, -0.1) is 0 Å². The molecule has 1 saturated carbocycles. The zero-order valence-corrected chi connectivity index (χ0v) is 18.6. The number of thiocarbonyl (C=S) groups is 1. The molecule has 7 nitrogen and oxygen atoms in total. The van der Waals surface area contributed by atoms with Crippen molar-refractivity contribution in [3.63, 3.8) is 0 Å². The van der Waals surface area contributed by atoms with Crippen molar-refractivity contribution < 1.29 is 19.0 Å². The summed E-state index contributed by atoms with van der Waals surface area (Å²) in [4.78, 5) is 12.7. The van der Waals surface area contributed by atoms with Crippen LogP contribution >= 0.6 is 12.2 Å². The summed E-state index contributed by atoms with van der Waals surface area (Å²) < 4.78 is 17.0. The molecule has 1 fully saturated rings. The molecular weight excluding hydrogens is 390 g/mol. The van der Waals surface area contributed by atoms with E-state index in [2.05, 4.69) is 23.1 Å². The van der Waals surface area contributed by atoms with Crippen LogP contribution in [0.4, 0.5) is 0 Å². The van der Waals surface area contributed by atoms with E-state index in [9.17, 15) is 4.79 Å². The molecule has 162 valence electrons. The minimum atomic E-state index is -0.337. The maximum atomic E-state index is 12.7. The largest absolute Gasteiger partial charge is 0.490 e. The van der Waals surface area contributed by atoms with Gasteiger partial charge in [-0.1, -0.05) is 19.8 Å². The van der Waals surface area contributed by atoms with Crippen molar-refractivity contribution in [1.82, 2.24) is 16.2 Å². The summed E-state index contributed by atoms with van der Waals surface area (Å²) in [6, 6.07) is 3.63. The minimum absolute atomic E-state index is 0.334. The van der Waals surface area contributed by atoms with Gasteiger partial charge in [0, 0.05) is 11.6 Å². The van der Waals surface area contributed by atoms with Gasteiger partial charge >= 0.3 is 0 Å².